The summed E-state index contributed by atoms with van der Waals surface area (Å²) in [4.78, 5) is 11.2. The lowest BCUT2D eigenvalue weighted by molar-refractivity contribution is 0.0703. The van der Waals surface area contributed by atoms with E-state index in [0.29, 0.717) is 11.1 Å². The van der Waals surface area contributed by atoms with Gasteiger partial charge >= 0.3 is 5.97 Å². The molecule has 0 radical (unpaired) electrons. The summed E-state index contributed by atoms with van der Waals surface area (Å²) in [6, 6.07) is 6.08. The van der Waals surface area contributed by atoms with Gasteiger partial charge in [0.25, 0.3) is 0 Å². The van der Waals surface area contributed by atoms with E-state index in [2.05, 4.69) is 0 Å². The van der Waals surface area contributed by atoms with Crippen molar-refractivity contribution >= 4 is 17.3 Å². The van der Waals surface area contributed by atoms with Crippen molar-refractivity contribution in [3.05, 3.63) is 45.9 Å². The Morgan fingerprint density at radius 3 is 2.75 bits per heavy atom. The zero-order valence-corrected chi connectivity index (χ0v) is 9.34. The van der Waals surface area contributed by atoms with E-state index in [-0.39, 0.29) is 10.7 Å². The molecule has 2 aromatic rings. The number of thiophene rings is 1. The fourth-order valence-electron chi connectivity index (χ4n) is 1.57. The van der Waals surface area contributed by atoms with E-state index in [9.17, 15) is 9.18 Å². The molecule has 2 nitrogen and oxygen atoms in total. The summed E-state index contributed by atoms with van der Waals surface area (Å²) in [5.41, 5.74) is 2.08. The van der Waals surface area contributed by atoms with Crippen molar-refractivity contribution in [3.63, 3.8) is 0 Å². The second kappa shape index (κ2) is 4.06. The largest absolute Gasteiger partial charge is 0.477 e. The normalized spacial score (nSPS) is 10.4. The molecule has 1 aromatic carbocycles. The topological polar surface area (TPSA) is 37.3 Å². The fraction of sp³-hybridized carbons (Fsp3) is 0.0833. The molecule has 1 N–H and O–H groups in total. The highest BCUT2D eigenvalue weighted by Crippen LogP contribution is 2.31. The average molecular weight is 236 g/mol. The molecule has 1 heterocycles. The molecule has 1 aromatic heterocycles. The number of carboxylic acid groups (broad SMARTS) is 1. The van der Waals surface area contributed by atoms with E-state index in [1.807, 2.05) is 6.92 Å². The number of rotatable bonds is 2. The molecule has 0 fully saturated rings. The molecule has 0 aliphatic carbocycles. The lowest BCUT2D eigenvalue weighted by Crippen LogP contribution is -1.95. The Morgan fingerprint density at radius 1 is 1.31 bits per heavy atom. The minimum Gasteiger partial charge on any atom is -0.477 e. The molecule has 0 spiro atoms. The number of aromatic carboxylic acids is 1. The van der Waals surface area contributed by atoms with Crippen molar-refractivity contribution in [1.82, 2.24) is 0 Å². The van der Waals surface area contributed by atoms with Gasteiger partial charge in [0.15, 0.2) is 0 Å². The van der Waals surface area contributed by atoms with Crippen molar-refractivity contribution < 1.29 is 14.3 Å². The van der Waals surface area contributed by atoms with E-state index >= 15 is 0 Å². The van der Waals surface area contributed by atoms with Gasteiger partial charge in [-0.2, -0.15) is 0 Å². The molecule has 4 heteroatoms. The summed E-state index contributed by atoms with van der Waals surface area (Å²) in [5, 5.41) is 10.7. The van der Waals surface area contributed by atoms with Crippen LogP contribution in [0.2, 0.25) is 0 Å². The maximum Gasteiger partial charge on any atom is 0.346 e. The van der Waals surface area contributed by atoms with Gasteiger partial charge in [0.05, 0.1) is 0 Å². The smallest absolute Gasteiger partial charge is 0.346 e. The highest BCUT2D eigenvalue weighted by molar-refractivity contribution is 7.12. The lowest BCUT2D eigenvalue weighted by atomic mass is 10.0. The zero-order valence-electron chi connectivity index (χ0n) is 8.53. The van der Waals surface area contributed by atoms with Crippen LogP contribution in [0.25, 0.3) is 11.1 Å². The molecule has 0 aliphatic heterocycles. The molecule has 82 valence electrons. The van der Waals surface area contributed by atoms with Crippen LogP contribution in [0, 0.1) is 12.7 Å². The quantitative estimate of drug-likeness (QED) is 0.865. The van der Waals surface area contributed by atoms with Gasteiger partial charge in [-0.15, -0.1) is 11.3 Å². The van der Waals surface area contributed by atoms with Crippen LogP contribution in [-0.4, -0.2) is 11.1 Å². The van der Waals surface area contributed by atoms with Crippen molar-refractivity contribution in [2.75, 3.05) is 0 Å². The zero-order chi connectivity index (χ0) is 11.7. The summed E-state index contributed by atoms with van der Waals surface area (Å²) in [6.45, 7) is 1.83. The molecule has 0 aliphatic rings. The van der Waals surface area contributed by atoms with Gasteiger partial charge in [-0.25, -0.2) is 9.18 Å². The number of carbonyl (C=O) groups is 1. The number of halogens is 1. The third kappa shape index (κ3) is 1.84. The Balaban J connectivity index is 2.62. The maximum absolute atomic E-state index is 13.1. The van der Waals surface area contributed by atoms with Crippen molar-refractivity contribution in [1.29, 1.82) is 0 Å². The van der Waals surface area contributed by atoms with Crippen LogP contribution in [0.4, 0.5) is 4.39 Å². The highest BCUT2D eigenvalue weighted by atomic mass is 32.1. The molecular formula is C12H9FO2S. The van der Waals surface area contributed by atoms with E-state index in [1.165, 1.54) is 12.1 Å². The van der Waals surface area contributed by atoms with E-state index in [0.717, 1.165) is 16.9 Å². The Morgan fingerprint density at radius 2 is 2.06 bits per heavy atom. The van der Waals surface area contributed by atoms with Crippen LogP contribution in [0.3, 0.4) is 0 Å². The second-order valence-corrected chi connectivity index (χ2v) is 4.34. The summed E-state index contributed by atoms with van der Waals surface area (Å²) in [6.07, 6.45) is 0. The molecule has 0 saturated heterocycles. The van der Waals surface area contributed by atoms with Gasteiger partial charge in [-0.1, -0.05) is 6.07 Å². The number of carboxylic acids is 1. The molecule has 16 heavy (non-hydrogen) atoms. The first-order valence-electron chi connectivity index (χ1n) is 4.67. The third-order valence-corrected chi connectivity index (χ3v) is 3.25. The number of benzene rings is 1. The molecule has 0 bridgehead atoms. The Hall–Kier alpha value is -1.68. The third-order valence-electron chi connectivity index (χ3n) is 2.35. The predicted octanol–water partition coefficient (Wildman–Crippen LogP) is 3.56. The predicted molar refractivity (Wildman–Crippen MR) is 61.4 cm³/mol. The number of aryl methyl sites for hydroxylation is 1. The minimum atomic E-state index is -0.978. The second-order valence-electron chi connectivity index (χ2n) is 3.43. The van der Waals surface area contributed by atoms with Gasteiger partial charge in [0.1, 0.15) is 10.7 Å². The SMILES string of the molecule is Cc1ccc(F)cc1-c1ccsc1C(=O)O. The Kier molecular flexibility index (Phi) is 2.75. The van der Waals surface area contributed by atoms with Crippen LogP contribution >= 0.6 is 11.3 Å². The van der Waals surface area contributed by atoms with E-state index in [4.69, 9.17) is 5.11 Å². The van der Waals surface area contributed by atoms with E-state index in [1.54, 1.807) is 17.5 Å². The first kappa shape index (κ1) is 10.8. The summed E-state index contributed by atoms with van der Waals surface area (Å²) < 4.78 is 13.1. The first-order valence-corrected chi connectivity index (χ1v) is 5.55. The van der Waals surface area contributed by atoms with Crippen LogP contribution in [-0.2, 0) is 0 Å². The van der Waals surface area contributed by atoms with E-state index < -0.39 is 5.97 Å². The van der Waals surface area contributed by atoms with Crippen molar-refractivity contribution in [2.24, 2.45) is 0 Å². The molecule has 0 saturated carbocycles. The van der Waals surface area contributed by atoms with Crippen LogP contribution in [0.15, 0.2) is 29.6 Å². The molecule has 0 amide bonds. The first-order chi connectivity index (χ1) is 7.59. The van der Waals surface area contributed by atoms with Crippen LogP contribution in [0.5, 0.6) is 0 Å². The van der Waals surface area contributed by atoms with Gasteiger partial charge in [-0.3, -0.25) is 0 Å². The van der Waals surface area contributed by atoms with Crippen LogP contribution in [0.1, 0.15) is 15.2 Å². The molecule has 0 unspecified atom stereocenters. The number of hydrogen-bond donors (Lipinski definition) is 1. The highest BCUT2D eigenvalue weighted by Gasteiger charge is 2.15. The van der Waals surface area contributed by atoms with Gasteiger partial charge in [0.2, 0.25) is 0 Å². The lowest BCUT2D eigenvalue weighted by Gasteiger charge is -2.05. The van der Waals surface area contributed by atoms with Crippen LogP contribution < -0.4 is 0 Å². The van der Waals surface area contributed by atoms with Gasteiger partial charge in [-0.05, 0) is 41.6 Å². The molecular weight excluding hydrogens is 227 g/mol. The Bertz CT molecular complexity index is 546. The summed E-state index contributed by atoms with van der Waals surface area (Å²) in [5.74, 6) is -1.34. The molecule has 2 rings (SSSR count). The van der Waals surface area contributed by atoms with Gasteiger partial charge < -0.3 is 5.11 Å². The standard InChI is InChI=1S/C12H9FO2S/c1-7-2-3-8(13)6-10(7)9-4-5-16-11(9)12(14)15/h2-6H,1H3,(H,14,15). The maximum atomic E-state index is 13.1. The summed E-state index contributed by atoms with van der Waals surface area (Å²) in [7, 11) is 0. The fourth-order valence-corrected chi connectivity index (χ4v) is 2.32. The molecule has 0 atom stereocenters. The Labute approximate surface area is 96.0 Å². The average Bonchev–Trinajstić information content (AvgIpc) is 2.70. The minimum absolute atomic E-state index is 0.244. The number of hydrogen-bond acceptors (Lipinski definition) is 2. The van der Waals surface area contributed by atoms with Crippen molar-refractivity contribution in [3.8, 4) is 11.1 Å². The van der Waals surface area contributed by atoms with Gasteiger partial charge in [0, 0.05) is 5.56 Å². The monoisotopic (exact) mass is 236 g/mol. The van der Waals surface area contributed by atoms with Crippen molar-refractivity contribution in [2.45, 2.75) is 6.92 Å². The summed E-state index contributed by atoms with van der Waals surface area (Å²) >= 11 is 1.15.